The van der Waals surface area contributed by atoms with Crippen molar-refractivity contribution in [1.29, 1.82) is 0 Å². The van der Waals surface area contributed by atoms with E-state index in [0.29, 0.717) is 12.2 Å². The van der Waals surface area contributed by atoms with Gasteiger partial charge in [-0.1, -0.05) is 6.92 Å². The number of aryl methyl sites for hydroxylation is 2. The fraction of sp³-hybridized carbons (Fsp3) is 0.714. The molecule has 0 amide bonds. The van der Waals surface area contributed by atoms with Crippen LogP contribution in [0.1, 0.15) is 48.5 Å². The van der Waals surface area contributed by atoms with Gasteiger partial charge in [-0.3, -0.25) is 0 Å². The molecule has 1 aliphatic rings. The van der Waals surface area contributed by atoms with Crippen molar-refractivity contribution in [3.05, 3.63) is 22.8 Å². The van der Waals surface area contributed by atoms with Gasteiger partial charge in [0.05, 0.1) is 11.5 Å². The van der Waals surface area contributed by atoms with Crippen molar-refractivity contribution in [2.75, 3.05) is 18.1 Å². The zero-order valence-electron chi connectivity index (χ0n) is 12.4. The number of hydrogen-bond donors (Lipinski definition) is 1. The van der Waals surface area contributed by atoms with Gasteiger partial charge in [0.1, 0.15) is 5.82 Å². The van der Waals surface area contributed by atoms with E-state index < -0.39 is 9.84 Å². The molecule has 20 heavy (non-hydrogen) atoms. The van der Waals surface area contributed by atoms with Crippen LogP contribution in [-0.2, 0) is 16.4 Å². The van der Waals surface area contributed by atoms with Gasteiger partial charge in [-0.05, 0) is 33.2 Å². The molecule has 0 bridgehead atoms. The van der Waals surface area contributed by atoms with Crippen molar-refractivity contribution >= 4 is 9.84 Å². The summed E-state index contributed by atoms with van der Waals surface area (Å²) in [6.45, 7) is 7.83. The molecule has 2 rings (SSSR count). The molecule has 1 saturated heterocycles. The van der Waals surface area contributed by atoms with Crippen LogP contribution in [0.2, 0.25) is 0 Å². The lowest BCUT2D eigenvalue weighted by atomic mass is 10.1. The predicted octanol–water partition coefficient (Wildman–Crippen LogP) is 1.50. The normalized spacial score (nSPS) is 21.2. The maximum absolute atomic E-state index is 11.6. The zero-order chi connectivity index (χ0) is 14.8. The third-order valence-electron chi connectivity index (χ3n) is 3.76. The summed E-state index contributed by atoms with van der Waals surface area (Å²) in [7, 11) is -2.89. The van der Waals surface area contributed by atoms with Crippen LogP contribution in [0.4, 0.5) is 0 Å². The molecule has 1 atom stereocenters. The number of sulfone groups is 1. The average Bonchev–Trinajstić information content (AvgIpc) is 2.73. The maximum Gasteiger partial charge on any atom is 0.151 e. The van der Waals surface area contributed by atoms with Gasteiger partial charge >= 0.3 is 0 Å². The van der Waals surface area contributed by atoms with Crippen LogP contribution < -0.4 is 5.32 Å². The Morgan fingerprint density at radius 1 is 1.25 bits per heavy atom. The lowest BCUT2D eigenvalue weighted by Gasteiger charge is -2.14. The highest BCUT2D eigenvalue weighted by Gasteiger charge is 2.31. The van der Waals surface area contributed by atoms with Gasteiger partial charge < -0.3 is 5.32 Å². The summed E-state index contributed by atoms with van der Waals surface area (Å²) in [5.74, 6) is 1.12. The van der Waals surface area contributed by atoms with Gasteiger partial charge in [0.25, 0.3) is 0 Å². The minimum absolute atomic E-state index is 0.0324. The van der Waals surface area contributed by atoms with Crippen molar-refractivity contribution in [3.63, 3.8) is 0 Å². The maximum atomic E-state index is 11.6. The highest BCUT2D eigenvalue weighted by Crippen LogP contribution is 2.27. The van der Waals surface area contributed by atoms with Crippen molar-refractivity contribution in [1.82, 2.24) is 15.3 Å². The van der Waals surface area contributed by atoms with Gasteiger partial charge in [0.15, 0.2) is 9.84 Å². The number of hydrogen-bond acceptors (Lipinski definition) is 5. The SMILES string of the molecule is CCCNCc1c(C)nc(C2CCS(=O)(=O)C2)nc1C. The Hall–Kier alpha value is -1.01. The van der Waals surface area contributed by atoms with E-state index in [1.807, 2.05) is 13.8 Å². The third-order valence-corrected chi connectivity index (χ3v) is 5.53. The van der Waals surface area contributed by atoms with Crippen LogP contribution in [0.3, 0.4) is 0 Å². The van der Waals surface area contributed by atoms with E-state index in [9.17, 15) is 8.42 Å². The molecule has 112 valence electrons. The Bertz CT molecular complexity index is 561. The first-order valence-electron chi connectivity index (χ1n) is 7.18. The Kier molecular flexibility index (Phi) is 4.75. The Balaban J connectivity index is 2.18. The molecule has 0 radical (unpaired) electrons. The fourth-order valence-electron chi connectivity index (χ4n) is 2.59. The average molecular weight is 297 g/mol. The number of rotatable bonds is 5. The summed E-state index contributed by atoms with van der Waals surface area (Å²) in [5.41, 5.74) is 3.05. The lowest BCUT2D eigenvalue weighted by Crippen LogP contribution is -2.18. The first kappa shape index (κ1) is 15.4. The summed E-state index contributed by atoms with van der Waals surface area (Å²) >= 11 is 0. The molecular weight excluding hydrogens is 274 g/mol. The molecular formula is C14H23N3O2S. The standard InChI is InChI=1S/C14H23N3O2S/c1-4-6-15-8-13-10(2)16-14(17-11(13)3)12-5-7-20(18,19)9-12/h12,15H,4-9H2,1-3H3. The van der Waals surface area contributed by atoms with E-state index in [2.05, 4.69) is 22.2 Å². The van der Waals surface area contributed by atoms with E-state index >= 15 is 0 Å². The highest BCUT2D eigenvalue weighted by atomic mass is 32.2. The smallest absolute Gasteiger partial charge is 0.151 e. The third kappa shape index (κ3) is 3.55. The van der Waals surface area contributed by atoms with Crippen LogP contribution in [0.5, 0.6) is 0 Å². The van der Waals surface area contributed by atoms with E-state index in [-0.39, 0.29) is 17.4 Å². The molecule has 0 aliphatic carbocycles. The molecule has 1 N–H and O–H groups in total. The van der Waals surface area contributed by atoms with E-state index in [1.54, 1.807) is 0 Å². The predicted molar refractivity (Wildman–Crippen MR) is 79.5 cm³/mol. The van der Waals surface area contributed by atoms with E-state index in [0.717, 1.165) is 36.5 Å². The minimum Gasteiger partial charge on any atom is -0.313 e. The fourth-order valence-corrected chi connectivity index (χ4v) is 4.33. The quantitative estimate of drug-likeness (QED) is 0.834. The van der Waals surface area contributed by atoms with E-state index in [4.69, 9.17) is 0 Å². The van der Waals surface area contributed by atoms with Crippen molar-refractivity contribution < 1.29 is 8.42 Å². The van der Waals surface area contributed by atoms with Crippen molar-refractivity contribution in [2.45, 2.75) is 46.1 Å². The second-order valence-electron chi connectivity index (χ2n) is 5.51. The molecule has 1 aromatic rings. The minimum atomic E-state index is -2.89. The van der Waals surface area contributed by atoms with Crippen LogP contribution in [-0.4, -0.2) is 36.4 Å². The van der Waals surface area contributed by atoms with Gasteiger partial charge in [-0.15, -0.1) is 0 Å². The largest absolute Gasteiger partial charge is 0.313 e. The second-order valence-corrected chi connectivity index (χ2v) is 7.74. The molecule has 0 aromatic carbocycles. The molecule has 1 aromatic heterocycles. The summed E-state index contributed by atoms with van der Waals surface area (Å²) in [6, 6.07) is 0. The number of aromatic nitrogens is 2. The molecule has 1 fully saturated rings. The first-order chi connectivity index (χ1) is 9.43. The van der Waals surface area contributed by atoms with Gasteiger partial charge in [0, 0.05) is 29.4 Å². The Morgan fingerprint density at radius 3 is 2.40 bits per heavy atom. The molecule has 0 spiro atoms. The van der Waals surface area contributed by atoms with Crippen LogP contribution in [0.15, 0.2) is 0 Å². The van der Waals surface area contributed by atoms with Crippen molar-refractivity contribution in [3.8, 4) is 0 Å². The van der Waals surface area contributed by atoms with Crippen LogP contribution in [0.25, 0.3) is 0 Å². The highest BCUT2D eigenvalue weighted by molar-refractivity contribution is 7.91. The summed E-state index contributed by atoms with van der Waals surface area (Å²) in [4.78, 5) is 9.09. The van der Waals surface area contributed by atoms with Gasteiger partial charge in [-0.2, -0.15) is 0 Å². The topological polar surface area (TPSA) is 72.0 Å². The van der Waals surface area contributed by atoms with Gasteiger partial charge in [-0.25, -0.2) is 18.4 Å². The summed E-state index contributed by atoms with van der Waals surface area (Å²) < 4.78 is 23.1. The molecule has 1 aliphatic heterocycles. The van der Waals surface area contributed by atoms with Crippen molar-refractivity contribution in [2.24, 2.45) is 0 Å². The summed E-state index contributed by atoms with van der Waals surface area (Å²) in [6.07, 6.45) is 1.74. The molecule has 0 saturated carbocycles. The molecule has 1 unspecified atom stereocenters. The first-order valence-corrected chi connectivity index (χ1v) is 9.00. The summed E-state index contributed by atoms with van der Waals surface area (Å²) in [5, 5.41) is 3.36. The Morgan fingerprint density at radius 2 is 1.90 bits per heavy atom. The number of nitrogens with zero attached hydrogens (tertiary/aromatic N) is 2. The molecule has 6 heteroatoms. The van der Waals surface area contributed by atoms with E-state index in [1.165, 1.54) is 0 Å². The van der Waals surface area contributed by atoms with Gasteiger partial charge in [0.2, 0.25) is 0 Å². The van der Waals surface area contributed by atoms with Crippen LogP contribution >= 0.6 is 0 Å². The zero-order valence-corrected chi connectivity index (χ0v) is 13.3. The lowest BCUT2D eigenvalue weighted by molar-refractivity contribution is 0.600. The van der Waals surface area contributed by atoms with Crippen LogP contribution in [0, 0.1) is 13.8 Å². The molecule has 5 nitrogen and oxygen atoms in total. The Labute approximate surface area is 121 Å². The monoisotopic (exact) mass is 297 g/mol. The molecule has 2 heterocycles. The second kappa shape index (κ2) is 6.18. The number of nitrogens with one attached hydrogen (secondary N) is 1.